The minimum absolute atomic E-state index is 0.159. The number of para-hydroxylation sites is 1. The highest BCUT2D eigenvalue weighted by Crippen LogP contribution is 2.38. The zero-order valence-electron chi connectivity index (χ0n) is 11.8. The number of allylic oxidation sites excluding steroid dienone is 3. The largest absolute Gasteiger partial charge is 0.507 e. The van der Waals surface area contributed by atoms with E-state index >= 15 is 0 Å². The average molecular weight is 273 g/mol. The molecule has 20 heavy (non-hydrogen) atoms. The first-order chi connectivity index (χ1) is 9.51. The van der Waals surface area contributed by atoms with Crippen LogP contribution in [0.3, 0.4) is 0 Å². The summed E-state index contributed by atoms with van der Waals surface area (Å²) >= 11 is 0. The van der Waals surface area contributed by atoms with Crippen molar-refractivity contribution in [3.8, 4) is 5.75 Å². The van der Waals surface area contributed by atoms with E-state index in [0.717, 1.165) is 18.4 Å². The van der Waals surface area contributed by atoms with Crippen LogP contribution in [-0.2, 0) is 0 Å². The van der Waals surface area contributed by atoms with Crippen molar-refractivity contribution in [1.82, 2.24) is 0 Å². The van der Waals surface area contributed by atoms with Gasteiger partial charge in [-0.3, -0.25) is 0 Å². The maximum atomic E-state index is 9.69. The van der Waals surface area contributed by atoms with E-state index in [4.69, 9.17) is 17.2 Å². The zero-order valence-corrected chi connectivity index (χ0v) is 11.8. The number of phenolic OH excluding ortho intramolecular Hbond substituents is 1. The van der Waals surface area contributed by atoms with Crippen molar-refractivity contribution in [2.24, 2.45) is 23.1 Å². The van der Waals surface area contributed by atoms with Crippen LogP contribution in [0.25, 0.3) is 5.70 Å². The molecule has 0 saturated heterocycles. The number of benzene rings is 1. The van der Waals surface area contributed by atoms with E-state index in [1.54, 1.807) is 30.4 Å². The van der Waals surface area contributed by atoms with E-state index in [1.807, 2.05) is 13.0 Å². The molecule has 1 aliphatic carbocycles. The van der Waals surface area contributed by atoms with Gasteiger partial charge >= 0.3 is 0 Å². The predicted molar refractivity (Wildman–Crippen MR) is 84.3 cm³/mol. The first-order valence-electron chi connectivity index (χ1n) is 6.59. The maximum absolute atomic E-state index is 9.69. The maximum Gasteiger partial charge on any atom is 0.124 e. The quantitative estimate of drug-likeness (QED) is 0.502. The van der Waals surface area contributed by atoms with Crippen LogP contribution < -0.4 is 17.2 Å². The lowest BCUT2D eigenvalue weighted by atomic mass is 10.1. The fourth-order valence-electron chi connectivity index (χ4n) is 1.79. The van der Waals surface area contributed by atoms with Crippen LogP contribution >= 0.6 is 0 Å². The standard InChI is InChI=1S/C13H17N3O.C3H6/c14-11(9-3-1-2-4-12(9)17)7-10(13(15)16)8-5-6-8;1-3-2/h1-4,7-8,17H,5-6,14-16H2;3H,1H2,2H3/b11-7-;. The Kier molecular flexibility index (Phi) is 5.72. The second kappa shape index (κ2) is 7.28. The van der Waals surface area contributed by atoms with Crippen molar-refractivity contribution in [3.63, 3.8) is 0 Å². The number of rotatable bonds is 3. The van der Waals surface area contributed by atoms with Gasteiger partial charge in [0.15, 0.2) is 0 Å². The summed E-state index contributed by atoms with van der Waals surface area (Å²) in [6.45, 7) is 5.25. The van der Waals surface area contributed by atoms with E-state index in [2.05, 4.69) is 6.58 Å². The van der Waals surface area contributed by atoms with Gasteiger partial charge in [-0.15, -0.1) is 6.58 Å². The summed E-state index contributed by atoms with van der Waals surface area (Å²) in [6.07, 6.45) is 5.71. The summed E-state index contributed by atoms with van der Waals surface area (Å²) in [5.74, 6) is 0.891. The molecule has 2 rings (SSSR count). The summed E-state index contributed by atoms with van der Waals surface area (Å²) < 4.78 is 0. The smallest absolute Gasteiger partial charge is 0.124 e. The fourth-order valence-corrected chi connectivity index (χ4v) is 1.79. The summed E-state index contributed by atoms with van der Waals surface area (Å²) in [5.41, 5.74) is 19.2. The van der Waals surface area contributed by atoms with Crippen LogP contribution in [0.15, 0.2) is 54.4 Å². The van der Waals surface area contributed by atoms with Crippen molar-refractivity contribution in [1.29, 1.82) is 0 Å². The normalized spacial score (nSPS) is 13.9. The number of hydrogen-bond acceptors (Lipinski definition) is 4. The van der Waals surface area contributed by atoms with Gasteiger partial charge in [-0.2, -0.15) is 0 Å². The van der Waals surface area contributed by atoms with E-state index in [1.165, 1.54) is 0 Å². The van der Waals surface area contributed by atoms with Crippen molar-refractivity contribution in [2.75, 3.05) is 0 Å². The minimum Gasteiger partial charge on any atom is -0.507 e. The molecule has 4 heteroatoms. The lowest BCUT2D eigenvalue weighted by Gasteiger charge is -2.07. The Balaban J connectivity index is 0.000000612. The van der Waals surface area contributed by atoms with Crippen molar-refractivity contribution in [2.45, 2.75) is 19.8 Å². The molecule has 4 nitrogen and oxygen atoms in total. The van der Waals surface area contributed by atoms with Gasteiger partial charge in [0, 0.05) is 11.3 Å². The monoisotopic (exact) mass is 273 g/mol. The van der Waals surface area contributed by atoms with Gasteiger partial charge in [0.25, 0.3) is 0 Å². The molecular weight excluding hydrogens is 250 g/mol. The second-order valence-electron chi connectivity index (χ2n) is 4.71. The molecule has 0 radical (unpaired) electrons. The molecule has 108 valence electrons. The van der Waals surface area contributed by atoms with Gasteiger partial charge in [-0.25, -0.2) is 0 Å². The molecule has 1 saturated carbocycles. The number of nitrogens with two attached hydrogens (primary N) is 3. The molecule has 0 amide bonds. The SMILES string of the molecule is C=CC.NC(N)=C(/C=C(\N)c1ccccc1O)C1CC1. The first kappa shape index (κ1) is 15.7. The molecule has 1 aromatic rings. The average Bonchev–Trinajstić information content (AvgIpc) is 3.21. The van der Waals surface area contributed by atoms with Crippen molar-refractivity contribution < 1.29 is 5.11 Å². The summed E-state index contributed by atoms with van der Waals surface area (Å²) in [7, 11) is 0. The fraction of sp³-hybridized carbons (Fsp3) is 0.250. The van der Waals surface area contributed by atoms with E-state index < -0.39 is 0 Å². The van der Waals surface area contributed by atoms with Crippen LogP contribution in [-0.4, -0.2) is 5.11 Å². The van der Waals surface area contributed by atoms with Crippen LogP contribution in [0.2, 0.25) is 0 Å². The number of aromatic hydroxyl groups is 1. The lowest BCUT2D eigenvalue weighted by molar-refractivity contribution is 0.473. The highest BCUT2D eigenvalue weighted by Gasteiger charge is 2.26. The molecule has 1 aromatic carbocycles. The van der Waals surface area contributed by atoms with Crippen molar-refractivity contribution in [3.05, 3.63) is 60.0 Å². The molecule has 0 aliphatic heterocycles. The predicted octanol–water partition coefficient (Wildman–Crippen LogP) is 2.42. The molecule has 0 unspecified atom stereocenters. The van der Waals surface area contributed by atoms with Gasteiger partial charge < -0.3 is 22.3 Å². The first-order valence-corrected chi connectivity index (χ1v) is 6.59. The highest BCUT2D eigenvalue weighted by molar-refractivity contribution is 5.70. The van der Waals surface area contributed by atoms with Crippen LogP contribution in [0, 0.1) is 5.92 Å². The Hall–Kier alpha value is -2.36. The topological polar surface area (TPSA) is 98.3 Å². The third-order valence-electron chi connectivity index (χ3n) is 2.88. The van der Waals surface area contributed by atoms with E-state index in [9.17, 15) is 5.11 Å². The van der Waals surface area contributed by atoms with Gasteiger partial charge in [-0.05, 0) is 49.5 Å². The van der Waals surface area contributed by atoms with Crippen LogP contribution in [0.1, 0.15) is 25.3 Å². The molecule has 0 atom stereocenters. The zero-order chi connectivity index (χ0) is 15.1. The van der Waals surface area contributed by atoms with Gasteiger partial charge in [0.05, 0.1) is 5.82 Å². The molecular formula is C16H23N3O. The van der Waals surface area contributed by atoms with Gasteiger partial charge in [0.2, 0.25) is 0 Å². The lowest BCUT2D eigenvalue weighted by Crippen LogP contribution is -2.13. The molecule has 0 aromatic heterocycles. The number of hydrogen-bond donors (Lipinski definition) is 4. The van der Waals surface area contributed by atoms with E-state index in [0.29, 0.717) is 23.0 Å². The molecule has 1 aliphatic rings. The molecule has 0 spiro atoms. The minimum atomic E-state index is 0.159. The van der Waals surface area contributed by atoms with Gasteiger partial charge in [-0.1, -0.05) is 18.2 Å². The van der Waals surface area contributed by atoms with Crippen molar-refractivity contribution >= 4 is 5.70 Å². The Labute approximate surface area is 120 Å². The molecule has 1 fully saturated rings. The molecule has 7 N–H and O–H groups in total. The third-order valence-corrected chi connectivity index (χ3v) is 2.88. The Morgan fingerprint density at radius 3 is 2.25 bits per heavy atom. The third kappa shape index (κ3) is 4.39. The highest BCUT2D eigenvalue weighted by atomic mass is 16.3. The molecule has 0 bridgehead atoms. The molecule has 0 heterocycles. The van der Waals surface area contributed by atoms with Gasteiger partial charge in [0.1, 0.15) is 5.75 Å². The Morgan fingerprint density at radius 2 is 1.80 bits per heavy atom. The summed E-state index contributed by atoms with van der Waals surface area (Å²) in [5, 5.41) is 9.69. The summed E-state index contributed by atoms with van der Waals surface area (Å²) in [6, 6.07) is 6.93. The van der Waals surface area contributed by atoms with Crippen LogP contribution in [0.4, 0.5) is 0 Å². The summed E-state index contributed by atoms with van der Waals surface area (Å²) in [4.78, 5) is 0. The Bertz CT molecular complexity index is 524. The second-order valence-corrected chi connectivity index (χ2v) is 4.71. The van der Waals surface area contributed by atoms with E-state index in [-0.39, 0.29) is 5.75 Å². The Morgan fingerprint density at radius 1 is 1.25 bits per heavy atom. The number of phenols is 1. The van der Waals surface area contributed by atoms with Crippen LogP contribution in [0.5, 0.6) is 5.75 Å².